The lowest BCUT2D eigenvalue weighted by Gasteiger charge is -2.01. The highest BCUT2D eigenvalue weighted by atomic mass is 79.9. The summed E-state index contributed by atoms with van der Waals surface area (Å²) in [6.07, 6.45) is 1.34. The Balaban J connectivity index is 3.09. The van der Waals surface area contributed by atoms with Crippen LogP contribution in [-0.2, 0) is 0 Å². The van der Waals surface area contributed by atoms with Crippen LogP contribution in [0.5, 0.6) is 0 Å². The van der Waals surface area contributed by atoms with Gasteiger partial charge in [-0.15, -0.1) is 0 Å². The predicted octanol–water partition coefficient (Wildman–Crippen LogP) is 3.08. The van der Waals surface area contributed by atoms with Crippen molar-refractivity contribution in [2.45, 2.75) is 0 Å². The fourth-order valence-corrected chi connectivity index (χ4v) is 1.83. The fourth-order valence-electron chi connectivity index (χ4n) is 1.24. The van der Waals surface area contributed by atoms with Crippen molar-refractivity contribution >= 4 is 38.4 Å². The summed E-state index contributed by atoms with van der Waals surface area (Å²) in [5, 5.41) is -0.0404. The molecule has 2 rings (SSSR count). The van der Waals surface area contributed by atoms with Crippen LogP contribution in [0.25, 0.3) is 10.9 Å². The third-order valence-corrected chi connectivity index (χ3v) is 2.83. The van der Waals surface area contributed by atoms with Crippen molar-refractivity contribution in [2.75, 3.05) is 0 Å². The number of hydrogen-bond donors (Lipinski definition) is 1. The topological polar surface area (TPSA) is 32.9 Å². The molecule has 0 unspecified atom stereocenters. The van der Waals surface area contributed by atoms with Crippen LogP contribution in [0, 0.1) is 5.82 Å². The van der Waals surface area contributed by atoms with E-state index in [1.54, 1.807) is 0 Å². The van der Waals surface area contributed by atoms with Crippen molar-refractivity contribution < 1.29 is 4.39 Å². The summed E-state index contributed by atoms with van der Waals surface area (Å²) in [4.78, 5) is 14.2. The molecule has 1 heterocycles. The number of nitrogens with one attached hydrogen (secondary N) is 1. The van der Waals surface area contributed by atoms with E-state index in [2.05, 4.69) is 20.9 Å². The third-order valence-electron chi connectivity index (χ3n) is 1.89. The molecule has 0 atom stereocenters. The lowest BCUT2D eigenvalue weighted by Crippen LogP contribution is -2.05. The van der Waals surface area contributed by atoms with E-state index < -0.39 is 11.2 Å². The molecule has 0 aliphatic rings. The largest absolute Gasteiger partial charge is 0.359 e. The van der Waals surface area contributed by atoms with Gasteiger partial charge >= 0.3 is 0 Å². The van der Waals surface area contributed by atoms with Crippen LogP contribution in [0.15, 0.2) is 27.6 Å². The first-order chi connectivity index (χ1) is 6.61. The van der Waals surface area contributed by atoms with Gasteiger partial charge in [0.2, 0.25) is 5.43 Å². The molecular weight excluding hydrogens is 272 g/mol. The van der Waals surface area contributed by atoms with Gasteiger partial charge in [0.1, 0.15) is 10.8 Å². The Labute approximate surface area is 91.8 Å². The van der Waals surface area contributed by atoms with Gasteiger partial charge in [0, 0.05) is 10.7 Å². The maximum atomic E-state index is 13.3. The Kier molecular flexibility index (Phi) is 2.33. The molecule has 5 heteroatoms. The fraction of sp³-hybridized carbons (Fsp3) is 0. The molecule has 0 amide bonds. The lowest BCUT2D eigenvalue weighted by atomic mass is 10.2. The average Bonchev–Trinajstić information content (AvgIpc) is 2.16. The Hall–Kier alpha value is -0.870. The van der Waals surface area contributed by atoms with Crippen LogP contribution in [0.2, 0.25) is 5.02 Å². The number of aromatic amines is 1. The maximum absolute atomic E-state index is 13.3. The first-order valence-corrected chi connectivity index (χ1v) is 4.93. The van der Waals surface area contributed by atoms with Crippen LogP contribution in [0.4, 0.5) is 4.39 Å². The van der Waals surface area contributed by atoms with Crippen molar-refractivity contribution in [3.05, 3.63) is 43.9 Å². The zero-order valence-electron chi connectivity index (χ0n) is 6.77. The molecule has 1 N–H and O–H groups in total. The summed E-state index contributed by atoms with van der Waals surface area (Å²) in [7, 11) is 0. The SMILES string of the molecule is O=c1c(Cl)c[nH]c2c(Br)ccc(F)c12. The Morgan fingerprint density at radius 1 is 1.43 bits per heavy atom. The summed E-state index contributed by atoms with van der Waals surface area (Å²) in [5.74, 6) is -0.577. The minimum atomic E-state index is -0.577. The molecule has 0 saturated heterocycles. The van der Waals surface area contributed by atoms with Gasteiger partial charge in [0.25, 0.3) is 0 Å². The molecule has 1 aromatic heterocycles. The summed E-state index contributed by atoms with van der Waals surface area (Å²) >= 11 is 8.80. The molecular formula is C9H4BrClFNO. The van der Waals surface area contributed by atoms with Gasteiger partial charge in [-0.25, -0.2) is 4.39 Å². The monoisotopic (exact) mass is 275 g/mol. The minimum Gasteiger partial charge on any atom is -0.359 e. The Morgan fingerprint density at radius 2 is 2.14 bits per heavy atom. The number of hydrogen-bond acceptors (Lipinski definition) is 1. The standard InChI is InChI=1S/C9H4BrClFNO/c10-4-1-2-6(12)7-8(4)13-3-5(11)9(7)14/h1-3H,(H,13,14). The smallest absolute Gasteiger partial charge is 0.210 e. The van der Waals surface area contributed by atoms with E-state index >= 15 is 0 Å². The van der Waals surface area contributed by atoms with E-state index in [0.29, 0.717) is 9.99 Å². The van der Waals surface area contributed by atoms with Gasteiger partial charge in [0.15, 0.2) is 0 Å². The Bertz CT molecular complexity index is 566. The Morgan fingerprint density at radius 3 is 2.86 bits per heavy atom. The zero-order chi connectivity index (χ0) is 10.3. The second-order valence-corrected chi connectivity index (χ2v) is 4.01. The van der Waals surface area contributed by atoms with E-state index in [-0.39, 0.29) is 10.4 Å². The van der Waals surface area contributed by atoms with Gasteiger partial charge in [-0.05, 0) is 28.1 Å². The number of pyridine rings is 1. The number of H-pyrrole nitrogens is 1. The zero-order valence-corrected chi connectivity index (χ0v) is 9.12. The quantitative estimate of drug-likeness (QED) is 0.788. The van der Waals surface area contributed by atoms with Gasteiger partial charge in [-0.3, -0.25) is 4.79 Å². The molecule has 2 nitrogen and oxygen atoms in total. The maximum Gasteiger partial charge on any atom is 0.210 e. The number of fused-ring (bicyclic) bond motifs is 1. The van der Waals surface area contributed by atoms with Gasteiger partial charge < -0.3 is 4.98 Å². The second kappa shape index (κ2) is 3.37. The summed E-state index contributed by atoms with van der Waals surface area (Å²) in [6.45, 7) is 0. The molecule has 1 aromatic carbocycles. The molecule has 0 bridgehead atoms. The lowest BCUT2D eigenvalue weighted by molar-refractivity contribution is 0.638. The summed E-state index contributed by atoms with van der Waals surface area (Å²) < 4.78 is 13.9. The van der Waals surface area contributed by atoms with E-state index in [1.807, 2.05) is 0 Å². The first kappa shape index (κ1) is 9.68. The van der Waals surface area contributed by atoms with Crippen LogP contribution >= 0.6 is 27.5 Å². The molecule has 0 radical (unpaired) electrons. The van der Waals surface area contributed by atoms with Crippen molar-refractivity contribution in [2.24, 2.45) is 0 Å². The van der Waals surface area contributed by atoms with Crippen molar-refractivity contribution in [1.29, 1.82) is 0 Å². The average molecular weight is 276 g/mol. The minimum absolute atomic E-state index is 0.0190. The molecule has 2 aromatic rings. The number of rotatable bonds is 0. The van der Waals surface area contributed by atoms with Gasteiger partial charge in [-0.1, -0.05) is 11.6 Å². The van der Waals surface area contributed by atoms with E-state index in [1.165, 1.54) is 18.3 Å². The van der Waals surface area contributed by atoms with Crippen LogP contribution in [0.1, 0.15) is 0 Å². The second-order valence-electron chi connectivity index (χ2n) is 2.74. The van der Waals surface area contributed by atoms with Crippen molar-refractivity contribution in [3.8, 4) is 0 Å². The molecule has 72 valence electrons. The predicted molar refractivity (Wildman–Crippen MR) is 57.2 cm³/mol. The summed E-state index contributed by atoms with van der Waals surface area (Å²) in [5.41, 5.74) is -0.0846. The normalized spacial score (nSPS) is 10.8. The highest BCUT2D eigenvalue weighted by Crippen LogP contribution is 2.22. The molecule has 0 aliphatic heterocycles. The third kappa shape index (κ3) is 1.35. The molecule has 0 aliphatic carbocycles. The van der Waals surface area contributed by atoms with Crippen LogP contribution < -0.4 is 5.43 Å². The number of benzene rings is 1. The van der Waals surface area contributed by atoms with Crippen molar-refractivity contribution in [1.82, 2.24) is 4.98 Å². The highest BCUT2D eigenvalue weighted by Gasteiger charge is 2.10. The molecule has 14 heavy (non-hydrogen) atoms. The van der Waals surface area contributed by atoms with Gasteiger partial charge in [-0.2, -0.15) is 0 Å². The summed E-state index contributed by atoms with van der Waals surface area (Å²) in [6, 6.07) is 2.75. The van der Waals surface area contributed by atoms with E-state index in [0.717, 1.165) is 0 Å². The molecule has 0 saturated carbocycles. The van der Waals surface area contributed by atoms with Crippen LogP contribution in [-0.4, -0.2) is 4.98 Å². The number of halogens is 3. The molecule has 0 fully saturated rings. The van der Waals surface area contributed by atoms with E-state index in [4.69, 9.17) is 11.6 Å². The van der Waals surface area contributed by atoms with Crippen molar-refractivity contribution in [3.63, 3.8) is 0 Å². The number of aromatic nitrogens is 1. The van der Waals surface area contributed by atoms with E-state index in [9.17, 15) is 9.18 Å². The van der Waals surface area contributed by atoms with Gasteiger partial charge in [0.05, 0.1) is 10.9 Å². The first-order valence-electron chi connectivity index (χ1n) is 3.76. The molecule has 0 spiro atoms. The van der Waals surface area contributed by atoms with Crippen LogP contribution in [0.3, 0.4) is 0 Å². The highest BCUT2D eigenvalue weighted by molar-refractivity contribution is 9.10.